The van der Waals surface area contributed by atoms with E-state index in [0.717, 1.165) is 27.8 Å². The lowest BCUT2D eigenvalue weighted by atomic mass is 10.1. The zero-order valence-corrected chi connectivity index (χ0v) is 16.5. The topological polar surface area (TPSA) is 82.8 Å². The molecule has 146 valence electrons. The molecule has 6 nitrogen and oxygen atoms in total. The Kier molecular flexibility index (Phi) is 5.51. The van der Waals surface area contributed by atoms with Crippen LogP contribution in [-0.4, -0.2) is 29.5 Å². The van der Waals surface area contributed by atoms with Crippen LogP contribution in [0.3, 0.4) is 0 Å². The van der Waals surface area contributed by atoms with Crippen LogP contribution >= 0.6 is 0 Å². The van der Waals surface area contributed by atoms with Crippen molar-refractivity contribution in [1.29, 1.82) is 0 Å². The Morgan fingerprint density at radius 2 is 1.89 bits per heavy atom. The standard InChI is InChI=1S/C22H24N2O4/c1-13-5-6-14(2)18(9-13)23-20(26)12-24(4)11-16-10-21(27)28-22-15(3)19(25)8-7-17(16)22/h5-10,25H,11-12H2,1-4H3,(H,23,26). The number of phenolic OH excluding ortho intramolecular Hbond substituents is 1. The van der Waals surface area contributed by atoms with Gasteiger partial charge >= 0.3 is 5.63 Å². The zero-order chi connectivity index (χ0) is 20.4. The number of hydrogen-bond donors (Lipinski definition) is 2. The monoisotopic (exact) mass is 380 g/mol. The molecule has 3 aromatic rings. The van der Waals surface area contributed by atoms with Gasteiger partial charge in [0.2, 0.25) is 5.91 Å². The molecule has 0 radical (unpaired) electrons. The second-order valence-corrected chi connectivity index (χ2v) is 7.22. The molecule has 0 aliphatic heterocycles. The number of likely N-dealkylation sites (N-methyl/N-ethyl adjacent to an activating group) is 1. The molecule has 0 bridgehead atoms. The van der Waals surface area contributed by atoms with Gasteiger partial charge in [-0.2, -0.15) is 0 Å². The summed E-state index contributed by atoms with van der Waals surface area (Å²) in [5.74, 6) is -0.0497. The Morgan fingerprint density at radius 3 is 2.64 bits per heavy atom. The summed E-state index contributed by atoms with van der Waals surface area (Å²) in [5.41, 5.74) is 4.04. The first-order chi connectivity index (χ1) is 13.2. The number of nitrogens with zero attached hydrogens (tertiary/aromatic N) is 1. The van der Waals surface area contributed by atoms with E-state index < -0.39 is 5.63 Å². The molecule has 0 atom stereocenters. The molecule has 0 aliphatic rings. The highest BCUT2D eigenvalue weighted by Gasteiger charge is 2.14. The molecule has 0 saturated carbocycles. The van der Waals surface area contributed by atoms with Gasteiger partial charge in [-0.05, 0) is 62.7 Å². The van der Waals surface area contributed by atoms with Crippen LogP contribution in [0.2, 0.25) is 0 Å². The largest absolute Gasteiger partial charge is 0.508 e. The second-order valence-electron chi connectivity index (χ2n) is 7.22. The van der Waals surface area contributed by atoms with Gasteiger partial charge in [-0.3, -0.25) is 9.69 Å². The summed E-state index contributed by atoms with van der Waals surface area (Å²) in [6, 6.07) is 10.6. The highest BCUT2D eigenvalue weighted by Crippen LogP contribution is 2.27. The number of anilines is 1. The van der Waals surface area contributed by atoms with Crippen molar-refractivity contribution in [2.75, 3.05) is 18.9 Å². The Balaban J connectivity index is 1.77. The lowest BCUT2D eigenvalue weighted by Gasteiger charge is -2.18. The number of amides is 1. The average molecular weight is 380 g/mol. The summed E-state index contributed by atoms with van der Waals surface area (Å²) in [5, 5.41) is 13.5. The van der Waals surface area contributed by atoms with Crippen LogP contribution in [0.1, 0.15) is 22.3 Å². The fourth-order valence-corrected chi connectivity index (χ4v) is 3.20. The van der Waals surface area contributed by atoms with Gasteiger partial charge in [0.1, 0.15) is 11.3 Å². The molecule has 2 aromatic carbocycles. The molecular weight excluding hydrogens is 356 g/mol. The number of aryl methyl sites for hydroxylation is 3. The summed E-state index contributed by atoms with van der Waals surface area (Å²) in [6.45, 7) is 6.20. The van der Waals surface area contributed by atoms with Gasteiger partial charge < -0.3 is 14.8 Å². The number of rotatable bonds is 5. The minimum Gasteiger partial charge on any atom is -0.508 e. The normalized spacial score (nSPS) is 11.2. The van der Waals surface area contributed by atoms with Crippen molar-refractivity contribution in [2.24, 2.45) is 0 Å². The van der Waals surface area contributed by atoms with Crippen LogP contribution in [0, 0.1) is 20.8 Å². The van der Waals surface area contributed by atoms with E-state index in [9.17, 15) is 14.7 Å². The molecule has 1 heterocycles. The molecule has 0 saturated heterocycles. The third-order valence-corrected chi connectivity index (χ3v) is 4.74. The van der Waals surface area contributed by atoms with Crippen molar-refractivity contribution in [3.63, 3.8) is 0 Å². The lowest BCUT2D eigenvalue weighted by molar-refractivity contribution is -0.117. The van der Waals surface area contributed by atoms with Crippen molar-refractivity contribution in [1.82, 2.24) is 4.90 Å². The van der Waals surface area contributed by atoms with E-state index in [0.29, 0.717) is 17.7 Å². The van der Waals surface area contributed by atoms with Gasteiger partial charge in [-0.1, -0.05) is 12.1 Å². The van der Waals surface area contributed by atoms with Gasteiger partial charge in [-0.25, -0.2) is 4.79 Å². The Morgan fingerprint density at radius 1 is 1.14 bits per heavy atom. The van der Waals surface area contributed by atoms with Crippen molar-refractivity contribution in [2.45, 2.75) is 27.3 Å². The smallest absolute Gasteiger partial charge is 0.336 e. The number of hydrogen-bond acceptors (Lipinski definition) is 5. The predicted octanol–water partition coefficient (Wildman–Crippen LogP) is 3.49. The molecule has 1 amide bonds. The SMILES string of the molecule is Cc1ccc(C)c(NC(=O)CN(C)Cc2cc(=O)oc3c(C)c(O)ccc23)c1. The van der Waals surface area contributed by atoms with Gasteiger partial charge in [0.15, 0.2) is 0 Å². The van der Waals surface area contributed by atoms with E-state index in [2.05, 4.69) is 5.32 Å². The highest BCUT2D eigenvalue weighted by atomic mass is 16.4. The minimum absolute atomic E-state index is 0.0778. The molecule has 0 spiro atoms. The zero-order valence-electron chi connectivity index (χ0n) is 16.5. The van der Waals surface area contributed by atoms with Crippen LogP contribution < -0.4 is 10.9 Å². The molecule has 3 rings (SSSR count). The maximum absolute atomic E-state index is 12.4. The van der Waals surface area contributed by atoms with Crippen molar-refractivity contribution < 1.29 is 14.3 Å². The number of nitrogens with one attached hydrogen (secondary N) is 1. The highest BCUT2D eigenvalue weighted by molar-refractivity contribution is 5.93. The molecule has 0 fully saturated rings. The van der Waals surface area contributed by atoms with E-state index in [4.69, 9.17) is 4.42 Å². The summed E-state index contributed by atoms with van der Waals surface area (Å²) < 4.78 is 5.27. The number of carbonyl (C=O) groups excluding carboxylic acids is 1. The number of benzene rings is 2. The van der Waals surface area contributed by atoms with Crippen LogP contribution in [0.5, 0.6) is 5.75 Å². The van der Waals surface area contributed by atoms with Crippen LogP contribution in [-0.2, 0) is 11.3 Å². The van der Waals surface area contributed by atoms with Crippen LogP contribution in [0.15, 0.2) is 45.6 Å². The number of phenols is 1. The van der Waals surface area contributed by atoms with E-state index in [1.165, 1.54) is 6.07 Å². The van der Waals surface area contributed by atoms with E-state index in [1.807, 2.05) is 44.0 Å². The first-order valence-electron chi connectivity index (χ1n) is 9.05. The summed E-state index contributed by atoms with van der Waals surface area (Å²) in [7, 11) is 1.82. The molecule has 0 aliphatic carbocycles. The molecule has 0 unspecified atom stereocenters. The van der Waals surface area contributed by atoms with Crippen LogP contribution in [0.4, 0.5) is 5.69 Å². The van der Waals surface area contributed by atoms with Gasteiger partial charge in [-0.15, -0.1) is 0 Å². The Hall–Kier alpha value is -3.12. The quantitative estimate of drug-likeness (QED) is 0.662. The summed E-state index contributed by atoms with van der Waals surface area (Å²) in [4.78, 5) is 26.2. The fourth-order valence-electron chi connectivity index (χ4n) is 3.20. The van der Waals surface area contributed by atoms with Crippen LogP contribution in [0.25, 0.3) is 11.0 Å². The first-order valence-corrected chi connectivity index (χ1v) is 9.05. The number of fused-ring (bicyclic) bond motifs is 1. The van der Waals surface area contributed by atoms with E-state index in [1.54, 1.807) is 19.1 Å². The Labute approximate surface area is 163 Å². The third kappa shape index (κ3) is 4.23. The summed E-state index contributed by atoms with van der Waals surface area (Å²) in [6.07, 6.45) is 0. The number of aromatic hydroxyl groups is 1. The molecular formula is C22H24N2O4. The first kappa shape index (κ1) is 19.6. The average Bonchev–Trinajstić information content (AvgIpc) is 2.61. The lowest BCUT2D eigenvalue weighted by Crippen LogP contribution is -2.30. The van der Waals surface area contributed by atoms with Gasteiger partial charge in [0.25, 0.3) is 0 Å². The maximum Gasteiger partial charge on any atom is 0.336 e. The fraction of sp³-hybridized carbons (Fsp3) is 0.273. The molecule has 2 N–H and O–H groups in total. The van der Waals surface area contributed by atoms with Gasteiger partial charge in [0, 0.05) is 29.2 Å². The predicted molar refractivity (Wildman–Crippen MR) is 110 cm³/mol. The minimum atomic E-state index is -0.482. The van der Waals surface area contributed by atoms with Crippen molar-refractivity contribution in [3.05, 3.63) is 69.1 Å². The van der Waals surface area contributed by atoms with E-state index >= 15 is 0 Å². The maximum atomic E-state index is 12.4. The third-order valence-electron chi connectivity index (χ3n) is 4.74. The van der Waals surface area contributed by atoms with Crippen molar-refractivity contribution in [3.8, 4) is 5.75 Å². The number of carbonyl (C=O) groups is 1. The molecule has 28 heavy (non-hydrogen) atoms. The molecule has 6 heteroatoms. The van der Waals surface area contributed by atoms with Crippen molar-refractivity contribution >= 4 is 22.6 Å². The summed E-state index contributed by atoms with van der Waals surface area (Å²) >= 11 is 0. The molecule has 1 aromatic heterocycles. The second kappa shape index (κ2) is 7.86. The van der Waals surface area contributed by atoms with E-state index in [-0.39, 0.29) is 18.2 Å². The van der Waals surface area contributed by atoms with Gasteiger partial charge in [0.05, 0.1) is 6.54 Å². The Bertz CT molecular complexity index is 1100.